The molecule has 1 heterocycles. The predicted molar refractivity (Wildman–Crippen MR) is 75.5 cm³/mol. The van der Waals surface area contributed by atoms with E-state index in [0.717, 1.165) is 18.2 Å². The quantitative estimate of drug-likeness (QED) is 0.910. The zero-order valence-corrected chi connectivity index (χ0v) is 11.6. The maximum atomic E-state index is 14.0. The lowest BCUT2D eigenvalue weighted by Crippen LogP contribution is -2.24. The molecule has 0 saturated heterocycles. The molecule has 0 radical (unpaired) electrons. The van der Waals surface area contributed by atoms with E-state index >= 15 is 0 Å². The fraction of sp³-hybridized carbons (Fsp3) is 0.214. The van der Waals surface area contributed by atoms with Crippen LogP contribution in [-0.4, -0.2) is 11.5 Å². The van der Waals surface area contributed by atoms with Crippen LogP contribution in [0.4, 0.5) is 14.6 Å². The van der Waals surface area contributed by atoms with E-state index in [-0.39, 0.29) is 11.4 Å². The van der Waals surface area contributed by atoms with Crippen LogP contribution in [0.25, 0.3) is 0 Å². The molecular weight excluding hydrogens is 284 g/mol. The number of nitrogens with one attached hydrogen (secondary N) is 1. The van der Waals surface area contributed by atoms with Crippen LogP contribution in [0.2, 0.25) is 5.02 Å². The highest BCUT2D eigenvalue weighted by Crippen LogP contribution is 2.29. The molecule has 0 aliphatic heterocycles. The third kappa shape index (κ3) is 3.05. The molecule has 0 amide bonds. The molecule has 6 heteroatoms. The normalized spacial score (nSPS) is 12.4. The molecule has 1 unspecified atom stereocenters. The van der Waals surface area contributed by atoms with Crippen LogP contribution in [0, 0.1) is 11.6 Å². The Morgan fingerprint density at radius 2 is 2.05 bits per heavy atom. The first-order chi connectivity index (χ1) is 9.52. The lowest BCUT2D eigenvalue weighted by molar-refractivity contribution is 0.545. The Kier molecular flexibility index (Phi) is 4.52. The largest absolute Gasteiger partial charge is 0.383 e. The summed E-state index contributed by atoms with van der Waals surface area (Å²) in [6.45, 7) is 2.41. The minimum Gasteiger partial charge on any atom is -0.383 e. The van der Waals surface area contributed by atoms with E-state index in [4.69, 9.17) is 17.3 Å². The first-order valence-electron chi connectivity index (χ1n) is 6.12. The summed E-state index contributed by atoms with van der Waals surface area (Å²) in [6.07, 6.45) is 1.41. The van der Waals surface area contributed by atoms with Crippen molar-refractivity contribution in [1.29, 1.82) is 0 Å². The molecule has 3 nitrogen and oxygen atoms in total. The summed E-state index contributed by atoms with van der Waals surface area (Å²) in [5.41, 5.74) is 6.51. The first kappa shape index (κ1) is 14.7. The maximum Gasteiger partial charge on any atom is 0.128 e. The number of hydrogen-bond acceptors (Lipinski definition) is 3. The zero-order valence-electron chi connectivity index (χ0n) is 10.8. The molecule has 0 saturated carbocycles. The van der Waals surface area contributed by atoms with E-state index in [0.29, 0.717) is 17.1 Å². The lowest BCUT2D eigenvalue weighted by Gasteiger charge is -2.21. The molecule has 20 heavy (non-hydrogen) atoms. The highest BCUT2D eigenvalue weighted by Gasteiger charge is 2.21. The summed E-state index contributed by atoms with van der Waals surface area (Å²) in [6, 6.07) is 4.29. The number of rotatable bonds is 4. The summed E-state index contributed by atoms with van der Waals surface area (Å²) < 4.78 is 27.3. The van der Waals surface area contributed by atoms with Gasteiger partial charge >= 0.3 is 0 Å². The Labute approximate surface area is 120 Å². The van der Waals surface area contributed by atoms with Crippen molar-refractivity contribution in [2.75, 3.05) is 12.3 Å². The molecule has 2 aromatic rings. The third-order valence-electron chi connectivity index (χ3n) is 2.90. The van der Waals surface area contributed by atoms with Crippen molar-refractivity contribution in [3.63, 3.8) is 0 Å². The first-order valence-corrected chi connectivity index (χ1v) is 6.50. The Bertz CT molecular complexity index is 568. The van der Waals surface area contributed by atoms with Gasteiger partial charge in [0, 0.05) is 17.3 Å². The number of nitrogen functional groups attached to an aromatic ring is 1. The van der Waals surface area contributed by atoms with Crippen molar-refractivity contribution < 1.29 is 8.78 Å². The van der Waals surface area contributed by atoms with Gasteiger partial charge in [-0.15, -0.1) is 0 Å². The van der Waals surface area contributed by atoms with Crippen molar-refractivity contribution >= 4 is 17.4 Å². The average Bonchev–Trinajstić information content (AvgIpc) is 2.42. The van der Waals surface area contributed by atoms with E-state index in [1.165, 1.54) is 6.20 Å². The van der Waals surface area contributed by atoms with Gasteiger partial charge in [-0.2, -0.15) is 0 Å². The van der Waals surface area contributed by atoms with Crippen molar-refractivity contribution in [3.8, 4) is 0 Å². The fourth-order valence-electron chi connectivity index (χ4n) is 2.02. The van der Waals surface area contributed by atoms with Crippen LogP contribution in [-0.2, 0) is 0 Å². The second-order valence-electron chi connectivity index (χ2n) is 4.28. The zero-order chi connectivity index (χ0) is 14.7. The van der Waals surface area contributed by atoms with Gasteiger partial charge in [-0.25, -0.2) is 13.8 Å². The smallest absolute Gasteiger partial charge is 0.128 e. The van der Waals surface area contributed by atoms with Crippen LogP contribution < -0.4 is 11.1 Å². The van der Waals surface area contributed by atoms with Gasteiger partial charge < -0.3 is 11.1 Å². The minimum atomic E-state index is -0.609. The number of halogens is 3. The van der Waals surface area contributed by atoms with E-state index < -0.39 is 17.7 Å². The molecular formula is C14H14ClF2N3. The molecule has 0 aliphatic carbocycles. The van der Waals surface area contributed by atoms with Crippen LogP contribution in [0.3, 0.4) is 0 Å². The summed E-state index contributed by atoms with van der Waals surface area (Å²) >= 11 is 5.91. The van der Waals surface area contributed by atoms with Crippen LogP contribution in [0.1, 0.15) is 24.1 Å². The molecule has 0 fully saturated rings. The molecule has 0 bridgehead atoms. The number of hydrogen-bond donors (Lipinski definition) is 2. The van der Waals surface area contributed by atoms with Gasteiger partial charge in [0.05, 0.1) is 11.1 Å². The average molecular weight is 298 g/mol. The van der Waals surface area contributed by atoms with Crippen molar-refractivity contribution in [3.05, 3.63) is 58.2 Å². The van der Waals surface area contributed by atoms with Crippen molar-refractivity contribution in [1.82, 2.24) is 10.3 Å². The highest BCUT2D eigenvalue weighted by molar-refractivity contribution is 6.30. The third-order valence-corrected chi connectivity index (χ3v) is 3.11. The van der Waals surface area contributed by atoms with E-state index in [2.05, 4.69) is 10.3 Å². The van der Waals surface area contributed by atoms with Crippen LogP contribution in [0.15, 0.2) is 30.5 Å². The van der Waals surface area contributed by atoms with Gasteiger partial charge in [0.1, 0.15) is 17.5 Å². The monoisotopic (exact) mass is 297 g/mol. The Balaban J connectivity index is 2.55. The molecule has 3 N–H and O–H groups in total. The standard InChI is InChI=1S/C14H14ClF2N3/c1-2-19-13(10-6-9(16)3-4-12(10)17)11-5-8(15)7-20-14(11)18/h3-7,13,19H,2H2,1H3,(H2,18,20). The predicted octanol–water partition coefficient (Wildman–Crippen LogP) is 3.29. The summed E-state index contributed by atoms with van der Waals surface area (Å²) in [5.74, 6) is -0.807. The van der Waals surface area contributed by atoms with Crippen LogP contribution in [0.5, 0.6) is 0 Å². The van der Waals surface area contributed by atoms with Gasteiger partial charge in [-0.3, -0.25) is 0 Å². The molecule has 1 aromatic carbocycles. The van der Waals surface area contributed by atoms with E-state index in [1.54, 1.807) is 6.07 Å². The van der Waals surface area contributed by atoms with Gasteiger partial charge in [0.15, 0.2) is 0 Å². The summed E-state index contributed by atoms with van der Waals surface area (Å²) in [7, 11) is 0. The maximum absolute atomic E-state index is 14.0. The number of anilines is 1. The Morgan fingerprint density at radius 3 is 2.75 bits per heavy atom. The molecule has 106 valence electrons. The highest BCUT2D eigenvalue weighted by atomic mass is 35.5. The van der Waals surface area contributed by atoms with E-state index in [9.17, 15) is 8.78 Å². The SMILES string of the molecule is CCNC(c1cc(F)ccc1F)c1cc(Cl)cnc1N. The Morgan fingerprint density at radius 1 is 1.30 bits per heavy atom. The fourth-order valence-corrected chi connectivity index (χ4v) is 2.19. The van der Waals surface area contributed by atoms with E-state index in [1.807, 2.05) is 6.92 Å². The molecule has 0 aliphatic rings. The molecule has 1 aromatic heterocycles. The van der Waals surface area contributed by atoms with Crippen LogP contribution >= 0.6 is 11.6 Å². The lowest BCUT2D eigenvalue weighted by atomic mass is 9.98. The number of benzene rings is 1. The molecule has 1 atom stereocenters. The topological polar surface area (TPSA) is 50.9 Å². The van der Waals surface area contributed by atoms with Gasteiger partial charge in [0.2, 0.25) is 0 Å². The second-order valence-corrected chi connectivity index (χ2v) is 4.72. The molecule has 2 rings (SSSR count). The summed E-state index contributed by atoms with van der Waals surface area (Å²) in [4.78, 5) is 3.95. The minimum absolute atomic E-state index is 0.169. The van der Waals surface area contributed by atoms with Gasteiger partial charge in [-0.05, 0) is 30.8 Å². The second kappa shape index (κ2) is 6.15. The number of nitrogens with two attached hydrogens (primary N) is 1. The number of pyridine rings is 1. The number of aromatic nitrogens is 1. The number of nitrogens with zero attached hydrogens (tertiary/aromatic N) is 1. The van der Waals surface area contributed by atoms with Gasteiger partial charge in [-0.1, -0.05) is 18.5 Å². The Hall–Kier alpha value is -1.72. The van der Waals surface area contributed by atoms with Crippen molar-refractivity contribution in [2.45, 2.75) is 13.0 Å². The molecule has 0 spiro atoms. The summed E-state index contributed by atoms with van der Waals surface area (Å²) in [5, 5.41) is 3.45. The van der Waals surface area contributed by atoms with Crippen molar-refractivity contribution in [2.24, 2.45) is 0 Å². The van der Waals surface area contributed by atoms with Gasteiger partial charge in [0.25, 0.3) is 0 Å².